The summed E-state index contributed by atoms with van der Waals surface area (Å²) in [5.41, 5.74) is 1.05. The van der Waals surface area contributed by atoms with Gasteiger partial charge in [-0.2, -0.15) is 0 Å². The van der Waals surface area contributed by atoms with Gasteiger partial charge in [-0.1, -0.05) is 30.7 Å². The van der Waals surface area contributed by atoms with Crippen molar-refractivity contribution in [2.24, 2.45) is 0 Å². The number of hydrogen-bond acceptors (Lipinski definition) is 5. The van der Waals surface area contributed by atoms with Crippen molar-refractivity contribution in [1.29, 1.82) is 0 Å². The molecule has 9 heteroatoms. The molecule has 6 nitrogen and oxygen atoms in total. The number of nitro groups is 1. The van der Waals surface area contributed by atoms with Crippen LogP contribution in [0.15, 0.2) is 34.5 Å². The van der Waals surface area contributed by atoms with E-state index in [2.05, 4.69) is 4.72 Å². The van der Waals surface area contributed by atoms with Crippen LogP contribution >= 0.6 is 22.9 Å². The van der Waals surface area contributed by atoms with Crippen LogP contribution in [0.4, 0.5) is 11.4 Å². The van der Waals surface area contributed by atoms with Gasteiger partial charge in [0.15, 0.2) is 4.34 Å². The minimum absolute atomic E-state index is 0.165. The van der Waals surface area contributed by atoms with Crippen LogP contribution in [-0.4, -0.2) is 13.3 Å². The molecular formula is C12H11ClN2O4S2. The molecule has 0 saturated heterocycles. The van der Waals surface area contributed by atoms with Crippen LogP contribution in [0, 0.1) is 10.1 Å². The Balaban J connectivity index is 2.29. The molecule has 1 heterocycles. The Morgan fingerprint density at radius 2 is 1.95 bits per heavy atom. The number of rotatable bonds is 5. The van der Waals surface area contributed by atoms with E-state index in [1.807, 2.05) is 19.1 Å². The number of halogens is 1. The number of aryl methyl sites for hydroxylation is 1. The van der Waals surface area contributed by atoms with Crippen LogP contribution in [0.2, 0.25) is 4.34 Å². The van der Waals surface area contributed by atoms with Crippen molar-refractivity contribution in [2.45, 2.75) is 17.6 Å². The zero-order chi connectivity index (χ0) is 15.6. The van der Waals surface area contributed by atoms with E-state index in [0.717, 1.165) is 18.1 Å². The summed E-state index contributed by atoms with van der Waals surface area (Å²) < 4.78 is 26.3. The van der Waals surface area contributed by atoms with E-state index in [9.17, 15) is 18.5 Å². The third kappa shape index (κ3) is 3.52. The maximum atomic E-state index is 12.2. The van der Waals surface area contributed by atoms with Gasteiger partial charge in [-0.05, 0) is 24.1 Å². The number of anilines is 1. The normalized spacial score (nSPS) is 11.3. The Labute approximate surface area is 130 Å². The largest absolute Gasteiger partial charge is 0.300 e. The maximum Gasteiger partial charge on any atom is 0.300 e. The van der Waals surface area contributed by atoms with Gasteiger partial charge < -0.3 is 0 Å². The lowest BCUT2D eigenvalue weighted by molar-refractivity contribution is -0.384. The number of nitrogens with one attached hydrogen (secondary N) is 1. The average molecular weight is 347 g/mol. The van der Waals surface area contributed by atoms with Crippen molar-refractivity contribution < 1.29 is 13.3 Å². The molecule has 1 N–H and O–H groups in total. The second kappa shape index (κ2) is 6.00. The molecule has 0 atom stereocenters. The van der Waals surface area contributed by atoms with E-state index in [1.54, 1.807) is 12.1 Å². The molecule has 1 aromatic heterocycles. The quantitative estimate of drug-likeness (QED) is 0.660. The number of thiophene rings is 1. The van der Waals surface area contributed by atoms with Gasteiger partial charge >= 0.3 is 0 Å². The Kier molecular flexibility index (Phi) is 4.50. The van der Waals surface area contributed by atoms with Gasteiger partial charge in [0.25, 0.3) is 15.7 Å². The maximum absolute atomic E-state index is 12.2. The van der Waals surface area contributed by atoms with E-state index in [0.29, 0.717) is 17.0 Å². The highest BCUT2D eigenvalue weighted by atomic mass is 35.5. The highest BCUT2D eigenvalue weighted by Gasteiger charge is 2.25. The Morgan fingerprint density at radius 3 is 2.43 bits per heavy atom. The molecule has 0 unspecified atom stereocenters. The Hall–Kier alpha value is -1.64. The third-order valence-electron chi connectivity index (χ3n) is 2.72. The van der Waals surface area contributed by atoms with Gasteiger partial charge in [0.2, 0.25) is 0 Å². The summed E-state index contributed by atoms with van der Waals surface area (Å²) in [7, 11) is -3.89. The molecule has 2 rings (SSSR count). The van der Waals surface area contributed by atoms with Crippen LogP contribution in [0.5, 0.6) is 0 Å². The van der Waals surface area contributed by atoms with E-state index in [4.69, 9.17) is 11.6 Å². The van der Waals surface area contributed by atoms with E-state index in [-0.39, 0.29) is 8.55 Å². The molecule has 0 amide bonds. The zero-order valence-electron chi connectivity index (χ0n) is 10.9. The van der Waals surface area contributed by atoms with Gasteiger partial charge in [0.1, 0.15) is 4.21 Å². The Bertz CT molecular complexity index is 769. The fourth-order valence-corrected chi connectivity index (χ4v) is 4.33. The van der Waals surface area contributed by atoms with Crippen molar-refractivity contribution in [3.8, 4) is 0 Å². The van der Waals surface area contributed by atoms with Crippen molar-refractivity contribution in [3.05, 3.63) is 50.3 Å². The SMILES string of the molecule is CCc1ccc(NS(=O)(=O)c2cc([N+](=O)[O-])c(Cl)s2)cc1. The first-order chi connectivity index (χ1) is 9.83. The standard InChI is InChI=1S/C12H11ClN2O4S2/c1-2-8-3-5-9(6-4-8)14-21(18,19)11-7-10(15(16)17)12(13)20-11/h3-7,14H,2H2,1H3. The van der Waals surface area contributed by atoms with Crippen molar-refractivity contribution in [1.82, 2.24) is 0 Å². The van der Waals surface area contributed by atoms with Crippen LogP contribution in [0.1, 0.15) is 12.5 Å². The van der Waals surface area contributed by atoms with Crippen LogP contribution in [0.3, 0.4) is 0 Å². The average Bonchev–Trinajstić information content (AvgIpc) is 2.82. The number of sulfonamides is 1. The van der Waals surface area contributed by atoms with Gasteiger partial charge in [-0.15, -0.1) is 11.3 Å². The predicted octanol–water partition coefficient (Wildman–Crippen LogP) is 3.67. The summed E-state index contributed by atoms with van der Waals surface area (Å²) in [5, 5.41) is 10.7. The molecule has 0 spiro atoms. The number of hydrogen-bond donors (Lipinski definition) is 1. The lowest BCUT2D eigenvalue weighted by Crippen LogP contribution is -2.11. The molecular weight excluding hydrogens is 336 g/mol. The van der Waals surface area contributed by atoms with Crippen molar-refractivity contribution in [2.75, 3.05) is 4.72 Å². The van der Waals surface area contributed by atoms with Gasteiger partial charge in [0.05, 0.1) is 4.92 Å². The second-order valence-electron chi connectivity index (χ2n) is 4.14. The molecule has 0 bridgehead atoms. The first-order valence-electron chi connectivity index (χ1n) is 5.89. The second-order valence-corrected chi connectivity index (χ2v) is 7.70. The molecule has 2 aromatic rings. The molecule has 0 radical (unpaired) electrons. The molecule has 21 heavy (non-hydrogen) atoms. The molecule has 0 aliphatic heterocycles. The van der Waals surface area contributed by atoms with E-state index in [1.165, 1.54) is 0 Å². The summed E-state index contributed by atoms with van der Waals surface area (Å²) in [5.74, 6) is 0. The zero-order valence-corrected chi connectivity index (χ0v) is 13.3. The molecule has 0 saturated carbocycles. The van der Waals surface area contributed by atoms with Crippen LogP contribution in [0.25, 0.3) is 0 Å². The fraction of sp³-hybridized carbons (Fsp3) is 0.167. The number of benzene rings is 1. The topological polar surface area (TPSA) is 89.3 Å². The molecule has 0 aliphatic carbocycles. The summed E-state index contributed by atoms with van der Waals surface area (Å²) in [6, 6.07) is 7.85. The molecule has 112 valence electrons. The van der Waals surface area contributed by atoms with Gasteiger partial charge in [0, 0.05) is 11.8 Å². The summed E-state index contributed by atoms with van der Waals surface area (Å²) >= 11 is 6.32. The smallest absolute Gasteiger partial charge is 0.279 e. The van der Waals surface area contributed by atoms with Crippen LogP contribution in [-0.2, 0) is 16.4 Å². The van der Waals surface area contributed by atoms with Gasteiger partial charge in [-0.3, -0.25) is 14.8 Å². The summed E-state index contributed by atoms with van der Waals surface area (Å²) in [6.07, 6.45) is 0.847. The molecule has 1 aromatic carbocycles. The van der Waals surface area contributed by atoms with E-state index >= 15 is 0 Å². The van der Waals surface area contributed by atoms with Crippen LogP contribution < -0.4 is 4.72 Å². The first kappa shape index (κ1) is 15.7. The summed E-state index contributed by atoms with van der Waals surface area (Å²) in [4.78, 5) is 9.99. The van der Waals surface area contributed by atoms with Gasteiger partial charge in [-0.25, -0.2) is 8.42 Å². The third-order valence-corrected chi connectivity index (χ3v) is 5.91. The minimum atomic E-state index is -3.89. The van der Waals surface area contributed by atoms with Crippen molar-refractivity contribution in [3.63, 3.8) is 0 Å². The minimum Gasteiger partial charge on any atom is -0.279 e. The predicted molar refractivity (Wildman–Crippen MR) is 82.6 cm³/mol. The first-order valence-corrected chi connectivity index (χ1v) is 8.56. The highest BCUT2D eigenvalue weighted by Crippen LogP contribution is 2.36. The monoisotopic (exact) mass is 346 g/mol. The van der Waals surface area contributed by atoms with E-state index < -0.39 is 20.6 Å². The highest BCUT2D eigenvalue weighted by molar-refractivity contribution is 7.94. The van der Waals surface area contributed by atoms with Crippen molar-refractivity contribution >= 4 is 44.3 Å². The lowest BCUT2D eigenvalue weighted by Gasteiger charge is -2.06. The fourth-order valence-electron chi connectivity index (χ4n) is 1.61. The summed E-state index contributed by atoms with van der Waals surface area (Å²) in [6.45, 7) is 1.99. The Morgan fingerprint density at radius 1 is 1.33 bits per heavy atom. The molecule has 0 aliphatic rings. The number of nitrogens with zero attached hydrogens (tertiary/aromatic N) is 1. The molecule has 0 fully saturated rings. The lowest BCUT2D eigenvalue weighted by atomic mass is 10.2.